The minimum atomic E-state index is -0.650. The minimum Gasteiger partial charge on any atom is -0.445 e. The quantitative estimate of drug-likeness (QED) is 0.698. The Morgan fingerprint density at radius 3 is 2.60 bits per heavy atom. The number of carbonyl (C=O) groups excluding carboxylic acids is 3. The number of Topliss-reactive ketones (excluding diaryl/α,β-unsaturated/α-hetero) is 1. The van der Waals surface area contributed by atoms with Crippen molar-refractivity contribution in [1.82, 2.24) is 10.6 Å². The van der Waals surface area contributed by atoms with Crippen LogP contribution in [0, 0.1) is 5.92 Å². The van der Waals surface area contributed by atoms with Gasteiger partial charge in [0.25, 0.3) is 0 Å². The van der Waals surface area contributed by atoms with Gasteiger partial charge in [0, 0.05) is 12.3 Å². The van der Waals surface area contributed by atoms with Gasteiger partial charge in [-0.1, -0.05) is 61.5 Å². The fourth-order valence-corrected chi connectivity index (χ4v) is 3.67. The summed E-state index contributed by atoms with van der Waals surface area (Å²) < 4.78 is 5.08. The van der Waals surface area contributed by atoms with Crippen LogP contribution in [-0.4, -0.2) is 24.3 Å². The van der Waals surface area contributed by atoms with Crippen molar-refractivity contribution in [2.75, 3.05) is 6.54 Å². The summed E-state index contributed by atoms with van der Waals surface area (Å²) in [6.45, 7) is 1.72. The summed E-state index contributed by atoms with van der Waals surface area (Å²) in [5, 5.41) is 5.53. The highest BCUT2D eigenvalue weighted by Crippen LogP contribution is 2.29. The summed E-state index contributed by atoms with van der Waals surface area (Å²) in [4.78, 5) is 36.5. The molecule has 2 amide bonds. The lowest BCUT2D eigenvalue weighted by Crippen LogP contribution is -2.37. The van der Waals surface area contributed by atoms with Crippen LogP contribution in [0.5, 0.6) is 0 Å². The van der Waals surface area contributed by atoms with E-state index in [1.807, 2.05) is 42.5 Å². The number of hydrogen-bond acceptors (Lipinski definition) is 4. The number of benzene rings is 2. The van der Waals surface area contributed by atoms with Gasteiger partial charge in [-0.05, 0) is 36.0 Å². The second-order valence-electron chi connectivity index (χ2n) is 7.71. The van der Waals surface area contributed by atoms with Crippen molar-refractivity contribution in [2.45, 2.75) is 45.3 Å². The van der Waals surface area contributed by atoms with Crippen molar-refractivity contribution >= 4 is 17.8 Å². The van der Waals surface area contributed by atoms with E-state index in [1.54, 1.807) is 6.92 Å². The number of aryl methyl sites for hydroxylation is 1. The molecular formula is C24H28N2O4. The standard InChI is InChI=1S/C24H28N2O4/c1-17(23(28)26-22-13-7-11-19-10-5-6-12-21(19)22)14-20(27)15-25-24(29)30-16-18-8-3-2-4-9-18/h2-6,8-10,12,17,22H,7,11,13-16H2,1H3,(H,25,29)(H,26,28)/t17-,22+/m0/s1. The smallest absolute Gasteiger partial charge is 0.407 e. The predicted molar refractivity (Wildman–Crippen MR) is 114 cm³/mol. The Kier molecular flexibility index (Phi) is 7.60. The summed E-state index contributed by atoms with van der Waals surface area (Å²) in [5.74, 6) is -0.816. The lowest BCUT2D eigenvalue weighted by atomic mass is 9.87. The highest BCUT2D eigenvalue weighted by molar-refractivity contribution is 5.89. The monoisotopic (exact) mass is 408 g/mol. The Hall–Kier alpha value is -3.15. The van der Waals surface area contributed by atoms with Crippen molar-refractivity contribution < 1.29 is 19.1 Å². The van der Waals surface area contributed by atoms with E-state index in [1.165, 1.54) is 11.1 Å². The molecule has 0 fully saturated rings. The Morgan fingerprint density at radius 1 is 1.07 bits per heavy atom. The lowest BCUT2D eigenvalue weighted by Gasteiger charge is -2.27. The van der Waals surface area contributed by atoms with E-state index in [0.29, 0.717) is 0 Å². The number of rotatable bonds is 8. The van der Waals surface area contributed by atoms with E-state index in [9.17, 15) is 14.4 Å². The van der Waals surface area contributed by atoms with Gasteiger partial charge in [-0.2, -0.15) is 0 Å². The van der Waals surface area contributed by atoms with E-state index in [2.05, 4.69) is 22.8 Å². The number of nitrogens with one attached hydrogen (secondary N) is 2. The zero-order valence-corrected chi connectivity index (χ0v) is 17.2. The van der Waals surface area contributed by atoms with Crippen molar-refractivity contribution in [3.05, 3.63) is 71.3 Å². The third-order valence-electron chi connectivity index (χ3n) is 5.31. The third kappa shape index (κ3) is 6.17. The van der Waals surface area contributed by atoms with Gasteiger partial charge in [0.15, 0.2) is 5.78 Å². The summed E-state index contributed by atoms with van der Waals surface area (Å²) in [6, 6.07) is 17.5. The van der Waals surface area contributed by atoms with Crippen LogP contribution in [0.3, 0.4) is 0 Å². The molecule has 30 heavy (non-hydrogen) atoms. The van der Waals surface area contributed by atoms with Gasteiger partial charge < -0.3 is 15.4 Å². The van der Waals surface area contributed by atoms with Gasteiger partial charge >= 0.3 is 6.09 Å². The molecule has 1 aliphatic rings. The molecular weight excluding hydrogens is 380 g/mol. The summed E-state index contributed by atoms with van der Waals surface area (Å²) in [5.41, 5.74) is 3.31. The van der Waals surface area contributed by atoms with Crippen molar-refractivity contribution in [3.63, 3.8) is 0 Å². The minimum absolute atomic E-state index is 0.00825. The zero-order chi connectivity index (χ0) is 21.3. The number of hydrogen-bond donors (Lipinski definition) is 2. The zero-order valence-electron chi connectivity index (χ0n) is 17.2. The fraction of sp³-hybridized carbons (Fsp3) is 0.375. The van der Waals surface area contributed by atoms with Crippen LogP contribution in [0.4, 0.5) is 4.79 Å². The van der Waals surface area contributed by atoms with E-state index in [4.69, 9.17) is 4.74 Å². The van der Waals surface area contributed by atoms with Crippen LogP contribution >= 0.6 is 0 Å². The molecule has 0 heterocycles. The van der Waals surface area contributed by atoms with Gasteiger partial charge in [-0.15, -0.1) is 0 Å². The van der Waals surface area contributed by atoms with E-state index >= 15 is 0 Å². The molecule has 0 saturated heterocycles. The Labute approximate surface area is 177 Å². The molecule has 0 spiro atoms. The topological polar surface area (TPSA) is 84.5 Å². The molecule has 6 nitrogen and oxygen atoms in total. The SMILES string of the molecule is C[C@@H](CC(=O)CNC(=O)OCc1ccccc1)C(=O)N[C@@H]1CCCc2ccccc21. The maximum Gasteiger partial charge on any atom is 0.407 e. The molecule has 2 aromatic carbocycles. The molecule has 6 heteroatoms. The van der Waals surface area contributed by atoms with Crippen LogP contribution < -0.4 is 10.6 Å². The van der Waals surface area contributed by atoms with Gasteiger partial charge in [0.2, 0.25) is 5.91 Å². The molecule has 2 N–H and O–H groups in total. The predicted octanol–water partition coefficient (Wildman–Crippen LogP) is 3.70. The molecule has 0 radical (unpaired) electrons. The third-order valence-corrected chi connectivity index (χ3v) is 5.31. The number of ketones is 1. The molecule has 2 aromatic rings. The second kappa shape index (κ2) is 10.6. The van der Waals surface area contributed by atoms with Crippen molar-refractivity contribution in [1.29, 1.82) is 0 Å². The first-order valence-electron chi connectivity index (χ1n) is 10.4. The Bertz CT molecular complexity index is 882. The van der Waals surface area contributed by atoms with Crippen molar-refractivity contribution in [3.8, 4) is 0 Å². The number of amides is 2. The van der Waals surface area contributed by atoms with E-state index in [-0.39, 0.29) is 37.3 Å². The van der Waals surface area contributed by atoms with Gasteiger partial charge in [-0.25, -0.2) is 4.79 Å². The Balaban J connectivity index is 1.40. The number of alkyl carbamates (subject to hydrolysis) is 1. The lowest BCUT2D eigenvalue weighted by molar-refractivity contribution is -0.129. The van der Waals surface area contributed by atoms with Crippen LogP contribution in [0.25, 0.3) is 0 Å². The van der Waals surface area contributed by atoms with E-state index in [0.717, 1.165) is 24.8 Å². The normalized spacial score (nSPS) is 16.1. The second-order valence-corrected chi connectivity index (χ2v) is 7.71. The van der Waals surface area contributed by atoms with Gasteiger partial charge in [-0.3, -0.25) is 9.59 Å². The number of carbonyl (C=O) groups is 3. The molecule has 2 atom stereocenters. The molecule has 0 unspecified atom stereocenters. The summed E-state index contributed by atoms with van der Waals surface area (Å²) in [7, 11) is 0. The van der Waals surface area contributed by atoms with E-state index < -0.39 is 12.0 Å². The van der Waals surface area contributed by atoms with Gasteiger partial charge in [0.1, 0.15) is 6.61 Å². The first-order valence-corrected chi connectivity index (χ1v) is 10.4. The molecule has 1 aliphatic carbocycles. The van der Waals surface area contributed by atoms with Crippen molar-refractivity contribution in [2.24, 2.45) is 5.92 Å². The number of ether oxygens (including phenoxy) is 1. The molecule has 158 valence electrons. The molecule has 0 aliphatic heterocycles. The van der Waals surface area contributed by atoms with Crippen LogP contribution in [0.15, 0.2) is 54.6 Å². The average molecular weight is 408 g/mol. The summed E-state index contributed by atoms with van der Waals surface area (Å²) >= 11 is 0. The highest BCUT2D eigenvalue weighted by atomic mass is 16.5. The maximum atomic E-state index is 12.6. The largest absolute Gasteiger partial charge is 0.445 e. The fourth-order valence-electron chi connectivity index (χ4n) is 3.67. The maximum absolute atomic E-state index is 12.6. The number of fused-ring (bicyclic) bond motifs is 1. The molecule has 0 saturated carbocycles. The first kappa shape index (κ1) is 21.6. The van der Waals surface area contributed by atoms with Gasteiger partial charge in [0.05, 0.1) is 12.6 Å². The van der Waals surface area contributed by atoms with Crippen LogP contribution in [0.2, 0.25) is 0 Å². The van der Waals surface area contributed by atoms with Crippen LogP contribution in [0.1, 0.15) is 48.9 Å². The summed E-state index contributed by atoms with van der Waals surface area (Å²) in [6.07, 6.45) is 2.38. The highest BCUT2D eigenvalue weighted by Gasteiger charge is 2.24. The molecule has 0 bridgehead atoms. The molecule has 3 rings (SSSR count). The van der Waals surface area contributed by atoms with Crippen LogP contribution in [-0.2, 0) is 27.4 Å². The Morgan fingerprint density at radius 2 is 1.80 bits per heavy atom. The first-order chi connectivity index (χ1) is 14.5. The molecule has 0 aromatic heterocycles. The average Bonchev–Trinajstić information content (AvgIpc) is 2.77.